The Morgan fingerprint density at radius 3 is 2.68 bits per heavy atom. The van der Waals surface area contributed by atoms with Gasteiger partial charge in [0.2, 0.25) is 0 Å². The Balaban J connectivity index is 1.28. The first-order valence-electron chi connectivity index (χ1n) is 12.1. The summed E-state index contributed by atoms with van der Waals surface area (Å²) < 4.78 is 33.9. The van der Waals surface area contributed by atoms with Crippen LogP contribution in [0.4, 0.5) is 14.5 Å². The summed E-state index contributed by atoms with van der Waals surface area (Å²) in [4.78, 5) is 21.2. The van der Waals surface area contributed by atoms with Crippen LogP contribution in [0.1, 0.15) is 66.9 Å². The molecule has 0 amide bonds. The number of hydrogen-bond acceptors (Lipinski definition) is 4. The molecule has 2 aromatic carbocycles. The molecule has 0 spiro atoms. The Labute approximate surface area is 198 Å². The number of ether oxygens (including phenoxy) is 1. The molecule has 0 radical (unpaired) electrons. The molecule has 1 aromatic heterocycles. The van der Waals surface area contributed by atoms with Gasteiger partial charge in [-0.3, -0.25) is 9.98 Å². The number of aromatic nitrogens is 1. The fourth-order valence-electron chi connectivity index (χ4n) is 5.59. The van der Waals surface area contributed by atoms with Crippen LogP contribution in [0.2, 0.25) is 0 Å². The Hall–Kier alpha value is -3.15. The first-order chi connectivity index (χ1) is 16.5. The average Bonchev–Trinajstić information content (AvgIpc) is 3.29. The molecule has 0 unspecified atom stereocenters. The fraction of sp³-hybridized carbons (Fsp3) is 0.393. The van der Waals surface area contributed by atoms with Gasteiger partial charge in [-0.2, -0.15) is 0 Å². The maximum Gasteiger partial charge on any atom is 0.341 e. The van der Waals surface area contributed by atoms with Gasteiger partial charge in [0.15, 0.2) is 0 Å². The molecule has 34 heavy (non-hydrogen) atoms. The van der Waals surface area contributed by atoms with Gasteiger partial charge in [0.1, 0.15) is 11.6 Å². The van der Waals surface area contributed by atoms with Crippen LogP contribution in [0.3, 0.4) is 0 Å². The third-order valence-electron chi connectivity index (χ3n) is 7.52. The molecule has 1 fully saturated rings. The van der Waals surface area contributed by atoms with Crippen molar-refractivity contribution in [3.05, 3.63) is 70.9 Å². The number of pyridine rings is 1. The quantitative estimate of drug-likeness (QED) is 0.386. The van der Waals surface area contributed by atoms with Crippen molar-refractivity contribution < 1.29 is 18.3 Å². The molecule has 1 saturated carbocycles. The number of aliphatic imine (C=N–C) groups is 1. The van der Waals surface area contributed by atoms with Crippen LogP contribution in [-0.2, 0) is 11.2 Å². The highest BCUT2D eigenvalue weighted by Crippen LogP contribution is 2.43. The molecule has 176 valence electrons. The standard InChI is InChI=1S/C28H28F2N2O2/c1-3-34-28(33)21-9-11-25-23(27(21)30)15-26(32-25)16(2)17-4-6-18(7-5-17)20-12-13-31-24-10-8-19(29)14-22(20)24/h8-14,16-18H,3-7,15H2,1-2H3/t16-,17?,18?/m1/s1. The Morgan fingerprint density at radius 1 is 1.12 bits per heavy atom. The summed E-state index contributed by atoms with van der Waals surface area (Å²) in [5.41, 5.74) is 4.07. The van der Waals surface area contributed by atoms with Gasteiger partial charge < -0.3 is 4.74 Å². The van der Waals surface area contributed by atoms with Crippen molar-refractivity contribution in [1.29, 1.82) is 0 Å². The van der Waals surface area contributed by atoms with Crippen molar-refractivity contribution in [3.8, 4) is 0 Å². The summed E-state index contributed by atoms with van der Waals surface area (Å²) in [5.74, 6) is -0.315. The third-order valence-corrected chi connectivity index (χ3v) is 7.52. The second kappa shape index (κ2) is 9.24. The van der Waals surface area contributed by atoms with Gasteiger partial charge in [-0.05, 0) is 92.3 Å². The Bertz CT molecular complexity index is 1280. The van der Waals surface area contributed by atoms with Crippen LogP contribution < -0.4 is 0 Å². The molecule has 1 atom stereocenters. The molecule has 5 rings (SSSR count). The van der Waals surface area contributed by atoms with Crippen LogP contribution >= 0.6 is 0 Å². The first-order valence-corrected chi connectivity index (χ1v) is 12.1. The van der Waals surface area contributed by atoms with Crippen LogP contribution in [0.25, 0.3) is 10.9 Å². The lowest BCUT2D eigenvalue weighted by molar-refractivity contribution is 0.0521. The number of hydrogen-bond donors (Lipinski definition) is 0. The van der Waals surface area contributed by atoms with Crippen molar-refractivity contribution in [1.82, 2.24) is 4.98 Å². The monoisotopic (exact) mass is 462 g/mol. The van der Waals surface area contributed by atoms with Crippen molar-refractivity contribution in [3.63, 3.8) is 0 Å². The summed E-state index contributed by atoms with van der Waals surface area (Å²) in [6.07, 6.45) is 6.36. The zero-order chi connectivity index (χ0) is 23.8. The number of carbonyl (C=O) groups excluding carboxylic acids is 1. The Morgan fingerprint density at radius 2 is 1.91 bits per heavy atom. The molecular weight excluding hydrogens is 434 g/mol. The lowest BCUT2D eigenvalue weighted by Gasteiger charge is -2.33. The molecule has 6 heteroatoms. The van der Waals surface area contributed by atoms with Gasteiger partial charge in [0.25, 0.3) is 0 Å². The molecule has 2 aliphatic rings. The SMILES string of the molecule is CCOC(=O)c1ccc2c(c1F)CC([C@H](C)C1CCC(c3ccnc4ccc(F)cc34)CC1)=N2. The second-order valence-corrected chi connectivity index (χ2v) is 9.39. The molecular formula is C28H28F2N2O2. The lowest BCUT2D eigenvalue weighted by Crippen LogP contribution is -2.25. The van der Waals surface area contributed by atoms with E-state index in [-0.39, 0.29) is 23.9 Å². The maximum absolute atomic E-state index is 15.0. The zero-order valence-electron chi connectivity index (χ0n) is 19.5. The molecule has 0 bridgehead atoms. The predicted molar refractivity (Wildman–Crippen MR) is 129 cm³/mol. The summed E-state index contributed by atoms with van der Waals surface area (Å²) in [5, 5.41) is 0.905. The predicted octanol–water partition coefficient (Wildman–Crippen LogP) is 6.93. The second-order valence-electron chi connectivity index (χ2n) is 9.39. The van der Waals surface area contributed by atoms with Crippen molar-refractivity contribution in [2.75, 3.05) is 6.61 Å². The third kappa shape index (κ3) is 4.10. The molecule has 4 nitrogen and oxygen atoms in total. The van der Waals surface area contributed by atoms with E-state index < -0.39 is 11.8 Å². The van der Waals surface area contributed by atoms with Crippen molar-refractivity contribution in [2.45, 2.75) is 51.9 Å². The smallest absolute Gasteiger partial charge is 0.341 e. The van der Waals surface area contributed by atoms with Gasteiger partial charge in [-0.25, -0.2) is 13.6 Å². The lowest BCUT2D eigenvalue weighted by atomic mass is 9.72. The Kier molecular flexibility index (Phi) is 6.15. The van der Waals surface area contributed by atoms with Crippen LogP contribution in [-0.4, -0.2) is 23.3 Å². The summed E-state index contributed by atoms with van der Waals surface area (Å²) in [7, 11) is 0. The van der Waals surface area contributed by atoms with Gasteiger partial charge in [0.05, 0.1) is 23.4 Å². The topological polar surface area (TPSA) is 51.5 Å². The first kappa shape index (κ1) is 22.6. The van der Waals surface area contributed by atoms with Gasteiger partial charge in [0, 0.05) is 29.3 Å². The van der Waals surface area contributed by atoms with Gasteiger partial charge in [-0.15, -0.1) is 0 Å². The summed E-state index contributed by atoms with van der Waals surface area (Å²) in [6, 6.07) is 10.00. The number of esters is 1. The number of halogens is 2. The van der Waals surface area contributed by atoms with Crippen LogP contribution in [0, 0.1) is 23.5 Å². The number of fused-ring (bicyclic) bond motifs is 2. The van der Waals surface area contributed by atoms with Gasteiger partial charge >= 0.3 is 5.97 Å². The average molecular weight is 463 g/mol. The minimum Gasteiger partial charge on any atom is -0.462 e. The summed E-state index contributed by atoms with van der Waals surface area (Å²) >= 11 is 0. The molecule has 1 aliphatic heterocycles. The van der Waals surface area contributed by atoms with Crippen LogP contribution in [0.5, 0.6) is 0 Å². The van der Waals surface area contributed by atoms with Crippen molar-refractivity contribution >= 4 is 28.3 Å². The largest absolute Gasteiger partial charge is 0.462 e. The highest BCUT2D eigenvalue weighted by Gasteiger charge is 2.32. The van der Waals surface area contributed by atoms with E-state index in [4.69, 9.17) is 9.73 Å². The highest BCUT2D eigenvalue weighted by atomic mass is 19.1. The molecule has 3 aromatic rings. The fourth-order valence-corrected chi connectivity index (χ4v) is 5.59. The molecule has 2 heterocycles. The van der Waals surface area contributed by atoms with E-state index in [0.717, 1.165) is 42.3 Å². The normalized spacial score (nSPS) is 20.6. The maximum atomic E-state index is 15.0. The van der Waals surface area contributed by atoms with E-state index in [9.17, 15) is 9.18 Å². The minimum atomic E-state index is -0.633. The van der Waals surface area contributed by atoms with E-state index in [1.54, 1.807) is 25.1 Å². The zero-order valence-corrected chi connectivity index (χ0v) is 19.5. The van der Waals surface area contributed by atoms with E-state index in [1.165, 1.54) is 17.7 Å². The van der Waals surface area contributed by atoms with Crippen molar-refractivity contribution in [2.24, 2.45) is 16.8 Å². The van der Waals surface area contributed by atoms with E-state index in [0.29, 0.717) is 29.5 Å². The molecule has 1 aliphatic carbocycles. The van der Waals surface area contributed by atoms with Gasteiger partial charge in [-0.1, -0.05) is 6.92 Å². The van der Waals surface area contributed by atoms with E-state index in [2.05, 4.69) is 11.9 Å². The number of nitrogens with zero attached hydrogens (tertiary/aromatic N) is 2. The van der Waals surface area contributed by atoms with E-state index in [1.807, 2.05) is 12.3 Å². The van der Waals surface area contributed by atoms with Crippen LogP contribution in [0.15, 0.2) is 47.6 Å². The summed E-state index contributed by atoms with van der Waals surface area (Å²) in [6.45, 7) is 4.09. The highest BCUT2D eigenvalue weighted by molar-refractivity contribution is 5.98. The molecule has 0 saturated heterocycles. The number of carbonyl (C=O) groups is 1. The molecule has 0 N–H and O–H groups in total. The minimum absolute atomic E-state index is 0.0220. The van der Waals surface area contributed by atoms with E-state index >= 15 is 4.39 Å². The number of rotatable bonds is 5. The number of benzene rings is 2.